The number of ether oxygens (including phenoxy) is 4. The third-order valence-corrected chi connectivity index (χ3v) is 13.8. The second-order valence-corrected chi connectivity index (χ2v) is 22.7. The van der Waals surface area contributed by atoms with E-state index in [-0.39, 0.29) is 38.6 Å². The number of nitrogens with zero attached hydrogens (tertiary/aromatic N) is 1. The number of carboxylic acid groups (broad SMARTS) is 1. The summed E-state index contributed by atoms with van der Waals surface area (Å²) >= 11 is 0. The van der Waals surface area contributed by atoms with Crippen LogP contribution in [0.15, 0.2) is 97.2 Å². The molecule has 0 aromatic carbocycles. The van der Waals surface area contributed by atoms with Gasteiger partial charge < -0.3 is 33.3 Å². The molecule has 79 heavy (non-hydrogen) atoms. The number of likely N-dealkylation sites (N-methyl/N-ethyl adjacent to an activating group) is 1. The first-order valence-electron chi connectivity index (χ1n) is 32.4. The molecule has 9 heteroatoms. The fourth-order valence-electron chi connectivity index (χ4n) is 8.91. The Kier molecular flexibility index (Phi) is 57.4. The third kappa shape index (κ3) is 61.7. The van der Waals surface area contributed by atoms with Crippen molar-refractivity contribution >= 4 is 17.9 Å². The maximum Gasteiger partial charge on any atom is 0.306 e. The van der Waals surface area contributed by atoms with E-state index in [0.717, 1.165) is 83.5 Å². The second-order valence-electron chi connectivity index (χ2n) is 22.7. The van der Waals surface area contributed by atoms with E-state index in [1.165, 1.54) is 154 Å². The Labute approximate surface area is 486 Å². The van der Waals surface area contributed by atoms with Crippen molar-refractivity contribution in [1.82, 2.24) is 0 Å². The van der Waals surface area contributed by atoms with Crippen molar-refractivity contribution in [3.05, 3.63) is 97.2 Å². The van der Waals surface area contributed by atoms with Crippen LogP contribution in [-0.4, -0.2) is 82.3 Å². The van der Waals surface area contributed by atoms with Gasteiger partial charge in [0.15, 0.2) is 12.4 Å². The molecular weight excluding hydrogens is 983 g/mol. The van der Waals surface area contributed by atoms with E-state index in [2.05, 4.69) is 111 Å². The Morgan fingerprint density at radius 1 is 0.392 bits per heavy atom. The predicted molar refractivity (Wildman–Crippen MR) is 334 cm³/mol. The maximum atomic E-state index is 12.9. The van der Waals surface area contributed by atoms with Gasteiger partial charge in [-0.05, 0) is 77.0 Å². The summed E-state index contributed by atoms with van der Waals surface area (Å²) in [7, 11) is 5.91. The average molecular weight is 1100 g/mol. The molecule has 2 atom stereocenters. The van der Waals surface area contributed by atoms with Gasteiger partial charge in [-0.25, -0.2) is 0 Å². The monoisotopic (exact) mass is 1100 g/mol. The molecule has 0 aliphatic rings. The Morgan fingerprint density at radius 3 is 1.08 bits per heavy atom. The van der Waals surface area contributed by atoms with Gasteiger partial charge in [0.1, 0.15) is 13.2 Å². The molecule has 454 valence electrons. The minimum atomic E-state index is -1.64. The molecule has 2 unspecified atom stereocenters. The van der Waals surface area contributed by atoms with Gasteiger partial charge in [0.05, 0.1) is 40.3 Å². The largest absolute Gasteiger partial charge is 0.545 e. The quantitative estimate of drug-likeness (QED) is 0.0195. The van der Waals surface area contributed by atoms with Crippen molar-refractivity contribution in [3.63, 3.8) is 0 Å². The topological polar surface area (TPSA) is 111 Å². The lowest BCUT2D eigenvalue weighted by molar-refractivity contribution is -0.870. The highest BCUT2D eigenvalue weighted by atomic mass is 16.7. The van der Waals surface area contributed by atoms with Crippen molar-refractivity contribution < 1.29 is 42.9 Å². The first-order chi connectivity index (χ1) is 38.6. The minimum Gasteiger partial charge on any atom is -0.545 e. The Balaban J connectivity index is 4.26. The number of hydrogen-bond acceptors (Lipinski definition) is 8. The molecule has 0 radical (unpaired) electrons. The van der Waals surface area contributed by atoms with Crippen LogP contribution in [0.5, 0.6) is 0 Å². The first-order valence-corrected chi connectivity index (χ1v) is 32.4. The average Bonchev–Trinajstić information content (AvgIpc) is 3.42. The fourth-order valence-corrected chi connectivity index (χ4v) is 8.91. The normalized spacial score (nSPS) is 13.4. The predicted octanol–water partition coefficient (Wildman–Crippen LogP) is 18.4. The van der Waals surface area contributed by atoms with Crippen molar-refractivity contribution in [3.8, 4) is 0 Å². The van der Waals surface area contributed by atoms with E-state index in [9.17, 15) is 19.5 Å². The zero-order valence-corrected chi connectivity index (χ0v) is 51.7. The van der Waals surface area contributed by atoms with Gasteiger partial charge in [-0.3, -0.25) is 9.59 Å². The van der Waals surface area contributed by atoms with Crippen LogP contribution in [-0.2, 0) is 33.3 Å². The van der Waals surface area contributed by atoms with Gasteiger partial charge in [0.2, 0.25) is 0 Å². The van der Waals surface area contributed by atoms with Gasteiger partial charge in [-0.2, -0.15) is 0 Å². The fraction of sp³-hybridized carbons (Fsp3) is 0.729. The van der Waals surface area contributed by atoms with Gasteiger partial charge in [0, 0.05) is 12.8 Å². The number of carbonyl (C=O) groups excluding carboxylic acids is 3. The molecule has 0 N–H and O–H groups in total. The van der Waals surface area contributed by atoms with Crippen LogP contribution in [0.25, 0.3) is 0 Å². The van der Waals surface area contributed by atoms with Gasteiger partial charge in [-0.15, -0.1) is 0 Å². The smallest absolute Gasteiger partial charge is 0.306 e. The van der Waals surface area contributed by atoms with Crippen LogP contribution in [0, 0.1) is 0 Å². The van der Waals surface area contributed by atoms with Gasteiger partial charge in [0.25, 0.3) is 0 Å². The Morgan fingerprint density at radius 2 is 0.722 bits per heavy atom. The molecule has 0 saturated carbocycles. The highest BCUT2D eigenvalue weighted by molar-refractivity contribution is 5.70. The lowest BCUT2D eigenvalue weighted by Gasteiger charge is -2.26. The van der Waals surface area contributed by atoms with Crippen molar-refractivity contribution in [2.75, 3.05) is 47.5 Å². The molecule has 0 aromatic heterocycles. The highest BCUT2D eigenvalue weighted by Crippen LogP contribution is 2.17. The number of rotatable bonds is 59. The SMILES string of the molecule is CC/C=C\C/C=C\C/C=C\C/C=C\C/C=C\C/C=C\C/C=C\C/C=C\CCCCC(=O)OC(COC(=O)CCCCCCCCCCCCCCCCCCCCCCCCCCCCC)COC(OCC[N+](C)(C)C)C(=O)[O-]. The zero-order chi connectivity index (χ0) is 57.6. The summed E-state index contributed by atoms with van der Waals surface area (Å²) in [6, 6.07) is 0. The Bertz CT molecular complexity index is 1620. The van der Waals surface area contributed by atoms with E-state index >= 15 is 0 Å². The molecule has 0 aliphatic heterocycles. The van der Waals surface area contributed by atoms with E-state index in [4.69, 9.17) is 18.9 Å². The standard InChI is InChI=1S/C70H121NO8/c1-6-8-10-12-14-16-18-20-22-24-26-28-30-32-34-36-38-40-42-44-46-48-50-52-54-56-58-60-67(72)77-64-66(65-78-70(69(74)75)76-63-62-71(3,4)5)79-68(73)61-59-57-55-53-51-49-47-45-43-41-39-37-35-33-31-29-27-25-23-21-19-17-15-13-11-9-7-2/h9,11,15,17,21,23,27,29,33,35,39,41,45,47,51,53,66,70H,6-8,10,12-14,16,18-20,22,24-26,28,30-32,34,36-38,40,42-44,46,48-50,52,54-65H2,1-5H3/b11-9-,17-15-,23-21-,29-27-,35-33-,41-39-,47-45-,53-51-. The molecule has 0 rings (SSSR count). The van der Waals surface area contributed by atoms with Gasteiger partial charge in [-0.1, -0.05) is 278 Å². The lowest BCUT2D eigenvalue weighted by atomic mass is 10.0. The van der Waals surface area contributed by atoms with Crippen LogP contribution < -0.4 is 5.11 Å². The molecular formula is C70H121NO8. The number of hydrogen-bond donors (Lipinski definition) is 0. The van der Waals surface area contributed by atoms with Crippen molar-refractivity contribution in [2.24, 2.45) is 0 Å². The number of carboxylic acids is 1. The number of carbonyl (C=O) groups is 3. The van der Waals surface area contributed by atoms with Crippen LogP contribution in [0.4, 0.5) is 0 Å². The number of esters is 2. The number of quaternary nitrogens is 1. The maximum absolute atomic E-state index is 12.9. The third-order valence-electron chi connectivity index (χ3n) is 13.8. The van der Waals surface area contributed by atoms with Gasteiger partial charge >= 0.3 is 11.9 Å². The molecule has 0 aromatic rings. The summed E-state index contributed by atoms with van der Waals surface area (Å²) in [5, 5.41) is 11.8. The molecule has 9 nitrogen and oxygen atoms in total. The van der Waals surface area contributed by atoms with E-state index in [0.29, 0.717) is 17.4 Å². The molecule has 0 amide bonds. The van der Waals surface area contributed by atoms with Crippen molar-refractivity contribution in [2.45, 2.75) is 283 Å². The van der Waals surface area contributed by atoms with Crippen LogP contribution in [0.3, 0.4) is 0 Å². The first kappa shape index (κ1) is 75.2. The number of aliphatic carboxylic acids is 1. The molecule has 0 spiro atoms. The van der Waals surface area contributed by atoms with Crippen LogP contribution in [0.2, 0.25) is 0 Å². The summed E-state index contributed by atoms with van der Waals surface area (Å²) in [5.41, 5.74) is 0. The van der Waals surface area contributed by atoms with Crippen molar-refractivity contribution in [1.29, 1.82) is 0 Å². The molecule has 0 fully saturated rings. The molecule has 0 saturated heterocycles. The van der Waals surface area contributed by atoms with E-state index in [1.54, 1.807) is 0 Å². The van der Waals surface area contributed by atoms with Crippen LogP contribution in [0.1, 0.15) is 271 Å². The molecule has 0 heterocycles. The van der Waals surface area contributed by atoms with Crippen LogP contribution >= 0.6 is 0 Å². The summed E-state index contributed by atoms with van der Waals surface area (Å²) in [4.78, 5) is 37.4. The molecule has 0 aliphatic carbocycles. The lowest BCUT2D eigenvalue weighted by Crippen LogP contribution is -2.44. The summed E-state index contributed by atoms with van der Waals surface area (Å²) in [6.07, 6.45) is 79.1. The summed E-state index contributed by atoms with van der Waals surface area (Å²) in [6.45, 7) is 4.61. The highest BCUT2D eigenvalue weighted by Gasteiger charge is 2.22. The summed E-state index contributed by atoms with van der Waals surface area (Å²) in [5.74, 6) is -2.34. The molecule has 0 bridgehead atoms. The summed E-state index contributed by atoms with van der Waals surface area (Å²) < 4.78 is 22.7. The number of allylic oxidation sites excluding steroid dienone is 16. The Hall–Kier alpha value is -3.79. The van der Waals surface area contributed by atoms with E-state index < -0.39 is 24.3 Å². The zero-order valence-electron chi connectivity index (χ0n) is 51.7. The second kappa shape index (κ2) is 60.3. The number of unbranched alkanes of at least 4 members (excludes halogenated alkanes) is 28. The minimum absolute atomic E-state index is 0.135. The van der Waals surface area contributed by atoms with E-state index in [1.807, 2.05) is 21.1 Å².